The Kier molecular flexibility index (Phi) is 4.12. The molecule has 88 valence electrons. The van der Waals surface area contributed by atoms with Gasteiger partial charge in [-0.25, -0.2) is 9.37 Å². The van der Waals surface area contributed by atoms with Gasteiger partial charge < -0.3 is 5.73 Å². The van der Waals surface area contributed by atoms with E-state index in [-0.39, 0.29) is 5.82 Å². The highest BCUT2D eigenvalue weighted by molar-refractivity contribution is 7.99. The number of benzene rings is 1. The maximum absolute atomic E-state index is 13.8. The fourth-order valence-corrected chi connectivity index (χ4v) is 2.47. The predicted molar refractivity (Wildman–Crippen MR) is 67.5 cm³/mol. The van der Waals surface area contributed by atoms with Gasteiger partial charge >= 0.3 is 0 Å². The molecule has 0 fully saturated rings. The van der Waals surface area contributed by atoms with Crippen LogP contribution in [0.2, 0.25) is 0 Å². The number of hydrogen-bond donors (Lipinski definition) is 1. The average Bonchev–Trinajstić information content (AvgIpc) is 2.35. The lowest BCUT2D eigenvalue weighted by atomic mass is 10.1. The van der Waals surface area contributed by atoms with Crippen LogP contribution in [0.3, 0.4) is 0 Å². The predicted octanol–water partition coefficient (Wildman–Crippen LogP) is 2.87. The summed E-state index contributed by atoms with van der Waals surface area (Å²) in [7, 11) is 0. The van der Waals surface area contributed by atoms with E-state index in [4.69, 9.17) is 5.73 Å². The van der Waals surface area contributed by atoms with Crippen LogP contribution in [0.15, 0.2) is 52.5 Å². The van der Waals surface area contributed by atoms with Crippen LogP contribution in [0.5, 0.6) is 0 Å². The summed E-state index contributed by atoms with van der Waals surface area (Å²) in [5, 5.41) is 0.788. The molecule has 4 heteroatoms. The van der Waals surface area contributed by atoms with Gasteiger partial charge in [-0.2, -0.15) is 0 Å². The van der Waals surface area contributed by atoms with Crippen molar-refractivity contribution in [2.75, 3.05) is 6.54 Å². The van der Waals surface area contributed by atoms with Crippen molar-refractivity contribution < 1.29 is 4.39 Å². The molecule has 2 aromatic rings. The normalized spacial score (nSPS) is 10.5. The van der Waals surface area contributed by atoms with Crippen molar-refractivity contribution >= 4 is 11.8 Å². The van der Waals surface area contributed by atoms with Gasteiger partial charge in [-0.15, -0.1) is 0 Å². The van der Waals surface area contributed by atoms with E-state index in [1.807, 2.05) is 24.3 Å². The second kappa shape index (κ2) is 5.80. The van der Waals surface area contributed by atoms with Gasteiger partial charge in [0.25, 0.3) is 0 Å². The minimum atomic E-state index is -0.216. The Morgan fingerprint density at radius 3 is 2.76 bits per heavy atom. The standard InChI is InChI=1S/C13H13FN2S/c14-11-5-3-4-10(7-8-15)13(11)17-12-6-1-2-9-16-12/h1-6,9H,7-8,15H2. The van der Waals surface area contributed by atoms with Crippen LogP contribution in [-0.4, -0.2) is 11.5 Å². The highest BCUT2D eigenvalue weighted by atomic mass is 32.2. The molecule has 0 aliphatic carbocycles. The average molecular weight is 248 g/mol. The number of nitrogens with two attached hydrogens (primary N) is 1. The smallest absolute Gasteiger partial charge is 0.137 e. The lowest BCUT2D eigenvalue weighted by Crippen LogP contribution is -2.04. The lowest BCUT2D eigenvalue weighted by molar-refractivity contribution is 0.596. The minimum Gasteiger partial charge on any atom is -0.330 e. The molecule has 2 N–H and O–H groups in total. The molecule has 2 nitrogen and oxygen atoms in total. The van der Waals surface area contributed by atoms with E-state index in [0.717, 1.165) is 10.6 Å². The second-order valence-corrected chi connectivity index (χ2v) is 4.57. The molecule has 1 aromatic carbocycles. The number of halogens is 1. The van der Waals surface area contributed by atoms with E-state index in [0.29, 0.717) is 17.9 Å². The molecule has 1 heterocycles. The van der Waals surface area contributed by atoms with E-state index < -0.39 is 0 Å². The number of rotatable bonds is 4. The van der Waals surface area contributed by atoms with E-state index in [1.165, 1.54) is 17.8 Å². The van der Waals surface area contributed by atoms with Crippen molar-refractivity contribution in [1.29, 1.82) is 0 Å². The third kappa shape index (κ3) is 3.05. The Bertz CT molecular complexity index is 488. The SMILES string of the molecule is NCCc1cccc(F)c1Sc1ccccn1. The van der Waals surface area contributed by atoms with E-state index in [1.54, 1.807) is 12.3 Å². The Labute approximate surface area is 104 Å². The molecule has 0 radical (unpaired) electrons. The second-order valence-electron chi connectivity index (χ2n) is 3.54. The molecule has 0 spiro atoms. The van der Waals surface area contributed by atoms with Crippen LogP contribution >= 0.6 is 11.8 Å². The zero-order valence-electron chi connectivity index (χ0n) is 9.27. The van der Waals surface area contributed by atoms with Crippen LogP contribution in [-0.2, 0) is 6.42 Å². The third-order valence-corrected chi connectivity index (χ3v) is 3.42. The van der Waals surface area contributed by atoms with Crippen molar-refractivity contribution in [2.45, 2.75) is 16.3 Å². The lowest BCUT2D eigenvalue weighted by Gasteiger charge is -2.08. The highest BCUT2D eigenvalue weighted by Gasteiger charge is 2.09. The summed E-state index contributed by atoms with van der Waals surface area (Å²) in [5.74, 6) is -0.216. The monoisotopic (exact) mass is 248 g/mol. The van der Waals surface area contributed by atoms with Gasteiger partial charge in [0.2, 0.25) is 0 Å². The quantitative estimate of drug-likeness (QED) is 0.904. The van der Waals surface area contributed by atoms with Gasteiger partial charge in [0, 0.05) is 6.20 Å². The number of hydrogen-bond acceptors (Lipinski definition) is 3. The summed E-state index contributed by atoms with van der Waals surface area (Å²) < 4.78 is 13.8. The molecule has 17 heavy (non-hydrogen) atoms. The molecule has 2 rings (SSSR count). The van der Waals surface area contributed by atoms with Crippen LogP contribution in [0.1, 0.15) is 5.56 Å². The molecular weight excluding hydrogens is 235 g/mol. The van der Waals surface area contributed by atoms with E-state index in [2.05, 4.69) is 4.98 Å². The van der Waals surface area contributed by atoms with Crippen molar-refractivity contribution in [2.24, 2.45) is 5.73 Å². The Balaban J connectivity index is 2.31. The van der Waals surface area contributed by atoms with Crippen LogP contribution in [0.4, 0.5) is 4.39 Å². The molecule has 0 aliphatic heterocycles. The summed E-state index contributed by atoms with van der Waals surface area (Å²) in [6.45, 7) is 0.513. The maximum atomic E-state index is 13.8. The Hall–Kier alpha value is -1.39. The van der Waals surface area contributed by atoms with Gasteiger partial charge in [-0.1, -0.05) is 30.0 Å². The molecule has 0 unspecified atom stereocenters. The Morgan fingerprint density at radius 1 is 1.18 bits per heavy atom. The number of aromatic nitrogens is 1. The molecule has 0 aliphatic rings. The summed E-state index contributed by atoms with van der Waals surface area (Å²) in [5.41, 5.74) is 6.46. The largest absolute Gasteiger partial charge is 0.330 e. The van der Waals surface area contributed by atoms with Crippen LogP contribution in [0, 0.1) is 5.82 Å². The first kappa shape index (κ1) is 12.1. The molecule has 0 atom stereocenters. The molecule has 0 saturated heterocycles. The zero-order valence-corrected chi connectivity index (χ0v) is 10.1. The first-order valence-corrected chi connectivity index (χ1v) is 6.19. The Morgan fingerprint density at radius 2 is 2.06 bits per heavy atom. The first-order chi connectivity index (χ1) is 8.31. The summed E-state index contributed by atoms with van der Waals surface area (Å²) in [6.07, 6.45) is 2.37. The molecule has 0 saturated carbocycles. The maximum Gasteiger partial charge on any atom is 0.137 e. The van der Waals surface area contributed by atoms with Gasteiger partial charge in [0.15, 0.2) is 0 Å². The molecule has 0 bridgehead atoms. The van der Waals surface area contributed by atoms with Crippen molar-refractivity contribution in [3.63, 3.8) is 0 Å². The molecule has 0 amide bonds. The van der Waals surface area contributed by atoms with Crippen LogP contribution in [0.25, 0.3) is 0 Å². The van der Waals surface area contributed by atoms with Crippen molar-refractivity contribution in [3.8, 4) is 0 Å². The van der Waals surface area contributed by atoms with E-state index >= 15 is 0 Å². The van der Waals surface area contributed by atoms with E-state index in [9.17, 15) is 4.39 Å². The van der Waals surface area contributed by atoms with Gasteiger partial charge in [-0.3, -0.25) is 0 Å². The first-order valence-electron chi connectivity index (χ1n) is 5.37. The topological polar surface area (TPSA) is 38.9 Å². The van der Waals surface area contributed by atoms with Gasteiger partial charge in [0.1, 0.15) is 10.8 Å². The van der Waals surface area contributed by atoms with Gasteiger partial charge in [-0.05, 0) is 36.7 Å². The number of nitrogens with zero attached hydrogens (tertiary/aromatic N) is 1. The summed E-state index contributed by atoms with van der Waals surface area (Å²) in [6, 6.07) is 10.7. The molecule has 1 aromatic heterocycles. The third-order valence-electron chi connectivity index (χ3n) is 2.31. The fourth-order valence-electron chi connectivity index (χ4n) is 1.53. The van der Waals surface area contributed by atoms with Crippen LogP contribution < -0.4 is 5.73 Å². The van der Waals surface area contributed by atoms with Crippen molar-refractivity contribution in [3.05, 3.63) is 54.0 Å². The summed E-state index contributed by atoms with van der Waals surface area (Å²) >= 11 is 1.34. The minimum absolute atomic E-state index is 0.216. The highest BCUT2D eigenvalue weighted by Crippen LogP contribution is 2.31. The van der Waals surface area contributed by atoms with Crippen molar-refractivity contribution in [1.82, 2.24) is 4.98 Å². The fraction of sp³-hybridized carbons (Fsp3) is 0.154. The number of pyridine rings is 1. The van der Waals surface area contributed by atoms with Gasteiger partial charge in [0.05, 0.1) is 4.90 Å². The zero-order chi connectivity index (χ0) is 12.1. The molecular formula is C13H13FN2S. The summed E-state index contributed by atoms with van der Waals surface area (Å²) in [4.78, 5) is 4.80.